The van der Waals surface area contributed by atoms with Crippen molar-refractivity contribution in [1.29, 1.82) is 0 Å². The summed E-state index contributed by atoms with van der Waals surface area (Å²) in [5, 5.41) is 0. The molecule has 0 spiro atoms. The van der Waals surface area contributed by atoms with Crippen molar-refractivity contribution in [3.63, 3.8) is 0 Å². The van der Waals surface area contributed by atoms with Gasteiger partial charge in [0.05, 0.1) is 11.8 Å². The van der Waals surface area contributed by atoms with E-state index in [2.05, 4.69) is 4.99 Å². The van der Waals surface area contributed by atoms with Gasteiger partial charge in [-0.15, -0.1) is 0 Å². The lowest BCUT2D eigenvalue weighted by Gasteiger charge is -2.15. The topological polar surface area (TPSA) is 29.4 Å². The summed E-state index contributed by atoms with van der Waals surface area (Å²) in [4.78, 5) is 15.7. The van der Waals surface area contributed by atoms with E-state index in [0.29, 0.717) is 11.3 Å². The van der Waals surface area contributed by atoms with Crippen LogP contribution < -0.4 is 0 Å². The molecule has 0 radical (unpaired) electrons. The Morgan fingerprint density at radius 1 is 1.23 bits per heavy atom. The summed E-state index contributed by atoms with van der Waals surface area (Å²) in [7, 11) is 0. The highest BCUT2D eigenvalue weighted by Gasteiger charge is 2.30. The molecule has 0 aromatic heterocycles. The highest BCUT2D eigenvalue weighted by atomic mass is 19.4. The van der Waals surface area contributed by atoms with Crippen molar-refractivity contribution in [2.45, 2.75) is 39.8 Å². The van der Waals surface area contributed by atoms with E-state index in [-0.39, 0.29) is 17.6 Å². The number of hydrogen-bond donors (Lipinski definition) is 0. The second-order valence-corrected chi connectivity index (χ2v) is 5.37. The molecule has 0 N–H and O–H groups in total. The lowest BCUT2D eigenvalue weighted by Crippen LogP contribution is -2.09. The first kappa shape index (κ1) is 18.1. The van der Waals surface area contributed by atoms with E-state index in [0.717, 1.165) is 12.1 Å². The van der Waals surface area contributed by atoms with Gasteiger partial charge in [0.1, 0.15) is 0 Å². The number of aliphatic imine (C=N–C) groups is 1. The zero-order valence-corrected chi connectivity index (χ0v) is 13.1. The molecule has 2 nitrogen and oxygen atoms in total. The highest BCUT2D eigenvalue weighted by molar-refractivity contribution is 6.28. The maximum Gasteiger partial charge on any atom is 0.416 e. The molecule has 0 aliphatic heterocycles. The van der Waals surface area contributed by atoms with Crippen LogP contribution in [0.2, 0.25) is 0 Å². The van der Waals surface area contributed by atoms with E-state index in [1.54, 1.807) is 39.8 Å². The molecule has 22 heavy (non-hydrogen) atoms. The smallest absolute Gasteiger partial charge is 0.293 e. The predicted molar refractivity (Wildman–Crippen MR) is 82.0 cm³/mol. The molecule has 0 bridgehead atoms. The van der Waals surface area contributed by atoms with Gasteiger partial charge >= 0.3 is 6.18 Å². The molecule has 0 aliphatic rings. The van der Waals surface area contributed by atoms with Crippen molar-refractivity contribution >= 4 is 12.0 Å². The van der Waals surface area contributed by atoms with Crippen molar-refractivity contribution in [2.75, 3.05) is 0 Å². The molecule has 1 unspecified atom stereocenters. The van der Waals surface area contributed by atoms with Gasteiger partial charge in [-0.3, -0.25) is 9.79 Å². The molecule has 0 amide bonds. The summed E-state index contributed by atoms with van der Waals surface area (Å²) >= 11 is 0. The largest absolute Gasteiger partial charge is 0.416 e. The lowest BCUT2D eigenvalue weighted by atomic mass is 9.95. The first-order valence-corrected chi connectivity index (χ1v) is 7.08. The van der Waals surface area contributed by atoms with Crippen LogP contribution in [0.1, 0.15) is 44.7 Å². The van der Waals surface area contributed by atoms with Gasteiger partial charge in [-0.2, -0.15) is 13.2 Å². The van der Waals surface area contributed by atoms with Crippen LogP contribution in [0.25, 0.3) is 0 Å². The molecular formula is C17H20F3NO. The average Bonchev–Trinajstić information content (AvgIpc) is 2.46. The van der Waals surface area contributed by atoms with Crippen LogP contribution in [0.4, 0.5) is 13.2 Å². The zero-order valence-electron chi connectivity index (χ0n) is 13.1. The van der Waals surface area contributed by atoms with Gasteiger partial charge in [-0.25, -0.2) is 0 Å². The Kier molecular flexibility index (Phi) is 6.09. The third-order valence-electron chi connectivity index (χ3n) is 3.36. The van der Waals surface area contributed by atoms with Gasteiger partial charge in [0.2, 0.25) is 0 Å². The number of benzene rings is 1. The molecule has 0 saturated heterocycles. The number of rotatable bonds is 5. The predicted octanol–water partition coefficient (Wildman–Crippen LogP) is 5.01. The number of allylic oxidation sites excluding steroid dienone is 2. The van der Waals surface area contributed by atoms with Crippen molar-refractivity contribution < 1.29 is 18.0 Å². The first-order valence-electron chi connectivity index (χ1n) is 7.08. The normalized spacial score (nSPS) is 14.6. The second-order valence-electron chi connectivity index (χ2n) is 5.37. The fourth-order valence-electron chi connectivity index (χ4n) is 1.88. The molecular weight excluding hydrogens is 291 g/mol. The van der Waals surface area contributed by atoms with Crippen LogP contribution in [0.5, 0.6) is 0 Å². The van der Waals surface area contributed by atoms with Crippen LogP contribution in [0, 0.1) is 5.92 Å². The van der Waals surface area contributed by atoms with E-state index in [9.17, 15) is 18.0 Å². The Bertz CT molecular complexity index is 586. The van der Waals surface area contributed by atoms with Gasteiger partial charge in [-0.05, 0) is 18.6 Å². The van der Waals surface area contributed by atoms with E-state index in [4.69, 9.17) is 0 Å². The monoisotopic (exact) mass is 311 g/mol. The summed E-state index contributed by atoms with van der Waals surface area (Å²) in [5.74, 6) is -0.607. The van der Waals surface area contributed by atoms with Crippen molar-refractivity contribution in [1.82, 2.24) is 0 Å². The Morgan fingerprint density at radius 3 is 2.36 bits per heavy atom. The zero-order chi connectivity index (χ0) is 16.9. The Balaban J connectivity index is 3.03. The molecule has 0 fully saturated rings. The Morgan fingerprint density at radius 2 is 1.86 bits per heavy atom. The fraction of sp³-hybridized carbons (Fsp3) is 0.412. The average molecular weight is 311 g/mol. The van der Waals surface area contributed by atoms with Crippen LogP contribution in [0.15, 0.2) is 41.0 Å². The van der Waals surface area contributed by atoms with Crippen LogP contribution >= 0.6 is 0 Å². The minimum absolute atomic E-state index is 0.115. The minimum Gasteiger partial charge on any atom is -0.293 e. The molecule has 1 atom stereocenters. The first-order chi connectivity index (χ1) is 10.2. The Labute approximate surface area is 128 Å². The maximum absolute atomic E-state index is 12.8. The molecule has 120 valence electrons. The fourth-order valence-corrected chi connectivity index (χ4v) is 1.88. The summed E-state index contributed by atoms with van der Waals surface area (Å²) in [6.07, 6.45) is -1.43. The third-order valence-corrected chi connectivity index (χ3v) is 3.36. The van der Waals surface area contributed by atoms with Crippen molar-refractivity contribution in [3.05, 3.63) is 47.2 Å². The van der Waals surface area contributed by atoms with Gasteiger partial charge in [0, 0.05) is 17.5 Å². The number of alkyl halides is 3. The third kappa shape index (κ3) is 4.83. The number of carbonyl (C=O) groups is 1. The molecule has 0 heterocycles. The SMILES string of the molecule is C/C=C(\N=CC(=O)C(C)C)C(C)c1cccc(C(F)(F)F)c1. The van der Waals surface area contributed by atoms with Crippen LogP contribution in [0.3, 0.4) is 0 Å². The minimum atomic E-state index is -4.37. The molecule has 1 aromatic carbocycles. The summed E-state index contributed by atoms with van der Waals surface area (Å²) in [5.41, 5.74) is 0.389. The number of carbonyl (C=O) groups excluding carboxylic acids is 1. The van der Waals surface area contributed by atoms with Gasteiger partial charge in [0.25, 0.3) is 0 Å². The van der Waals surface area contributed by atoms with Crippen LogP contribution in [-0.4, -0.2) is 12.0 Å². The molecule has 1 aromatic rings. The van der Waals surface area contributed by atoms with E-state index in [1.165, 1.54) is 12.3 Å². The quantitative estimate of drug-likeness (QED) is 0.703. The summed E-state index contributed by atoms with van der Waals surface area (Å²) in [6.45, 7) is 7.04. The van der Waals surface area contributed by atoms with E-state index >= 15 is 0 Å². The Hall–Kier alpha value is -1.91. The van der Waals surface area contributed by atoms with Crippen molar-refractivity contribution in [2.24, 2.45) is 10.9 Å². The van der Waals surface area contributed by atoms with E-state index < -0.39 is 11.7 Å². The standard InChI is InChI=1S/C17H20F3NO/c1-5-15(21-10-16(22)11(2)3)12(4)13-7-6-8-14(9-13)17(18,19)20/h5-12H,1-4H3/b15-5-,21-10?. The van der Waals surface area contributed by atoms with Gasteiger partial charge in [-0.1, -0.05) is 45.0 Å². The number of halogens is 3. The number of nitrogens with zero attached hydrogens (tertiary/aromatic N) is 1. The van der Waals surface area contributed by atoms with Gasteiger partial charge < -0.3 is 0 Å². The van der Waals surface area contributed by atoms with E-state index in [1.807, 2.05) is 0 Å². The summed E-state index contributed by atoms with van der Waals surface area (Å²) in [6, 6.07) is 5.17. The highest BCUT2D eigenvalue weighted by Crippen LogP contribution is 2.32. The number of ketones is 1. The summed E-state index contributed by atoms with van der Waals surface area (Å²) < 4.78 is 38.3. The maximum atomic E-state index is 12.8. The van der Waals surface area contributed by atoms with Crippen molar-refractivity contribution in [3.8, 4) is 0 Å². The molecule has 5 heteroatoms. The molecule has 0 saturated carbocycles. The molecule has 1 rings (SSSR count). The molecule has 0 aliphatic carbocycles. The number of hydrogen-bond acceptors (Lipinski definition) is 2. The van der Waals surface area contributed by atoms with Crippen LogP contribution in [-0.2, 0) is 11.0 Å². The second kappa shape index (κ2) is 7.38. The lowest BCUT2D eigenvalue weighted by molar-refractivity contribution is -0.137. The van der Waals surface area contributed by atoms with Gasteiger partial charge in [0.15, 0.2) is 5.78 Å². The number of Topliss-reactive ketones (excluding diaryl/α,β-unsaturated/α-hetero) is 1.